The summed E-state index contributed by atoms with van der Waals surface area (Å²) in [6.45, 7) is 1.76. The zero-order valence-electron chi connectivity index (χ0n) is 9.90. The van der Waals surface area contributed by atoms with E-state index in [1.54, 1.807) is 13.0 Å². The number of nitrogens with zero attached hydrogens (tertiary/aromatic N) is 1. The van der Waals surface area contributed by atoms with E-state index in [-0.39, 0.29) is 16.9 Å². The Morgan fingerprint density at radius 2 is 2.11 bits per heavy atom. The van der Waals surface area contributed by atoms with Crippen LogP contribution in [0.25, 0.3) is 0 Å². The van der Waals surface area contributed by atoms with Crippen LogP contribution in [0.2, 0.25) is 5.02 Å². The van der Waals surface area contributed by atoms with E-state index < -0.39 is 11.9 Å². The van der Waals surface area contributed by atoms with Crippen LogP contribution in [0.1, 0.15) is 26.5 Å². The number of hydrogen-bond acceptors (Lipinski definition) is 3. The Morgan fingerprint density at radius 3 is 2.68 bits per heavy atom. The number of aromatic carboxylic acids is 1. The first-order valence-electron chi connectivity index (χ1n) is 5.33. The lowest BCUT2D eigenvalue weighted by Gasteiger charge is -2.07. The molecule has 0 aliphatic rings. The van der Waals surface area contributed by atoms with E-state index in [0.29, 0.717) is 5.02 Å². The van der Waals surface area contributed by atoms with Gasteiger partial charge in [-0.2, -0.15) is 5.10 Å². The summed E-state index contributed by atoms with van der Waals surface area (Å²) in [7, 11) is 0. The second kappa shape index (κ2) is 5.11. The number of benzene rings is 1. The SMILES string of the molecule is Cc1cc(C(=O)Nc2cc(Cl)ccc2C(=O)O)n[nH]1. The maximum absolute atomic E-state index is 11.9. The normalized spacial score (nSPS) is 10.2. The fourth-order valence-corrected chi connectivity index (χ4v) is 1.70. The molecule has 1 heterocycles. The summed E-state index contributed by atoms with van der Waals surface area (Å²) in [4.78, 5) is 22.9. The molecular formula is C12H10ClN3O3. The second-order valence-corrected chi connectivity index (χ2v) is 4.32. The van der Waals surface area contributed by atoms with E-state index in [9.17, 15) is 9.59 Å². The first kappa shape index (κ1) is 13.1. The Bertz CT molecular complexity index is 651. The van der Waals surface area contributed by atoms with Crippen molar-refractivity contribution < 1.29 is 14.7 Å². The molecule has 0 saturated carbocycles. The van der Waals surface area contributed by atoms with Gasteiger partial charge in [-0.1, -0.05) is 11.6 Å². The van der Waals surface area contributed by atoms with E-state index >= 15 is 0 Å². The number of carboxylic acids is 1. The molecule has 98 valence electrons. The predicted octanol–water partition coefficient (Wildman–Crippen LogP) is 2.32. The quantitative estimate of drug-likeness (QED) is 0.803. The van der Waals surface area contributed by atoms with Gasteiger partial charge in [0.05, 0.1) is 11.3 Å². The lowest BCUT2D eigenvalue weighted by Crippen LogP contribution is -2.15. The molecule has 1 amide bonds. The van der Waals surface area contributed by atoms with Crippen molar-refractivity contribution in [2.45, 2.75) is 6.92 Å². The summed E-state index contributed by atoms with van der Waals surface area (Å²) in [6.07, 6.45) is 0. The maximum atomic E-state index is 11.9. The van der Waals surface area contributed by atoms with Crippen LogP contribution >= 0.6 is 11.6 Å². The molecule has 1 aromatic heterocycles. The van der Waals surface area contributed by atoms with Crippen LogP contribution in [0.4, 0.5) is 5.69 Å². The molecule has 19 heavy (non-hydrogen) atoms. The molecular weight excluding hydrogens is 270 g/mol. The number of halogens is 1. The number of aromatic amines is 1. The summed E-state index contributed by atoms with van der Waals surface area (Å²) in [6, 6.07) is 5.71. The lowest BCUT2D eigenvalue weighted by atomic mass is 10.1. The van der Waals surface area contributed by atoms with Crippen LogP contribution in [0.5, 0.6) is 0 Å². The van der Waals surface area contributed by atoms with E-state index in [1.165, 1.54) is 18.2 Å². The number of amides is 1. The molecule has 0 unspecified atom stereocenters. The van der Waals surface area contributed by atoms with E-state index in [2.05, 4.69) is 15.5 Å². The highest BCUT2D eigenvalue weighted by molar-refractivity contribution is 6.31. The number of hydrogen-bond donors (Lipinski definition) is 3. The minimum Gasteiger partial charge on any atom is -0.478 e. The van der Waals surface area contributed by atoms with Crippen LogP contribution in [0.3, 0.4) is 0 Å². The highest BCUT2D eigenvalue weighted by Gasteiger charge is 2.15. The van der Waals surface area contributed by atoms with Crippen LogP contribution in [0.15, 0.2) is 24.3 Å². The Kier molecular flexibility index (Phi) is 3.52. The number of carbonyl (C=O) groups is 2. The number of carbonyl (C=O) groups excluding carboxylic acids is 1. The minimum atomic E-state index is -1.15. The molecule has 0 radical (unpaired) electrons. The van der Waals surface area contributed by atoms with Crippen molar-refractivity contribution in [2.75, 3.05) is 5.32 Å². The van der Waals surface area contributed by atoms with Crippen molar-refractivity contribution in [3.05, 3.63) is 46.2 Å². The van der Waals surface area contributed by atoms with Crippen molar-refractivity contribution in [3.63, 3.8) is 0 Å². The molecule has 2 rings (SSSR count). The average molecular weight is 280 g/mol. The fourth-order valence-electron chi connectivity index (χ4n) is 1.53. The zero-order valence-corrected chi connectivity index (χ0v) is 10.7. The van der Waals surface area contributed by atoms with Crippen molar-refractivity contribution in [1.29, 1.82) is 0 Å². The second-order valence-electron chi connectivity index (χ2n) is 3.89. The molecule has 1 aromatic carbocycles. The molecule has 0 bridgehead atoms. The average Bonchev–Trinajstić information content (AvgIpc) is 2.75. The number of aryl methyl sites for hydroxylation is 1. The third kappa shape index (κ3) is 2.92. The van der Waals surface area contributed by atoms with Gasteiger partial charge in [0.1, 0.15) is 0 Å². The van der Waals surface area contributed by atoms with Crippen LogP contribution in [0, 0.1) is 6.92 Å². The highest BCUT2D eigenvalue weighted by Crippen LogP contribution is 2.21. The molecule has 0 aliphatic heterocycles. The minimum absolute atomic E-state index is 0.0370. The Morgan fingerprint density at radius 1 is 1.37 bits per heavy atom. The molecule has 0 spiro atoms. The molecule has 0 fully saturated rings. The summed E-state index contributed by atoms with van der Waals surface area (Å²) >= 11 is 5.79. The summed E-state index contributed by atoms with van der Waals surface area (Å²) in [5.74, 6) is -1.65. The van der Waals surface area contributed by atoms with Crippen LogP contribution < -0.4 is 5.32 Å². The van der Waals surface area contributed by atoms with Gasteiger partial charge in [0.25, 0.3) is 5.91 Å². The van der Waals surface area contributed by atoms with Gasteiger partial charge >= 0.3 is 5.97 Å². The van der Waals surface area contributed by atoms with Crippen LogP contribution in [-0.4, -0.2) is 27.2 Å². The molecule has 3 N–H and O–H groups in total. The first-order valence-corrected chi connectivity index (χ1v) is 5.71. The molecule has 7 heteroatoms. The largest absolute Gasteiger partial charge is 0.478 e. The Balaban J connectivity index is 2.30. The van der Waals surface area contributed by atoms with Crippen molar-refractivity contribution in [1.82, 2.24) is 10.2 Å². The molecule has 0 aliphatic carbocycles. The standard InChI is InChI=1S/C12H10ClN3O3/c1-6-4-10(16-15-6)11(17)14-9-5-7(13)2-3-8(9)12(18)19/h2-5H,1H3,(H,14,17)(H,15,16)(H,18,19). The van der Waals surface area contributed by atoms with Gasteiger partial charge < -0.3 is 10.4 Å². The van der Waals surface area contributed by atoms with E-state index in [4.69, 9.17) is 16.7 Å². The van der Waals surface area contributed by atoms with Gasteiger partial charge in [-0.15, -0.1) is 0 Å². The van der Waals surface area contributed by atoms with Gasteiger partial charge in [0.15, 0.2) is 5.69 Å². The van der Waals surface area contributed by atoms with Gasteiger partial charge in [0.2, 0.25) is 0 Å². The molecule has 0 saturated heterocycles. The number of rotatable bonds is 3. The Labute approximate surface area is 113 Å². The third-order valence-electron chi connectivity index (χ3n) is 2.40. The first-order chi connectivity index (χ1) is 8.97. The summed E-state index contributed by atoms with van der Waals surface area (Å²) < 4.78 is 0. The summed E-state index contributed by atoms with van der Waals surface area (Å²) in [5, 5.41) is 18.3. The highest BCUT2D eigenvalue weighted by atomic mass is 35.5. The lowest BCUT2D eigenvalue weighted by molar-refractivity contribution is 0.0698. The third-order valence-corrected chi connectivity index (χ3v) is 2.63. The number of nitrogens with one attached hydrogen (secondary N) is 2. The van der Waals surface area contributed by atoms with E-state index in [1.807, 2.05) is 0 Å². The zero-order chi connectivity index (χ0) is 14.0. The topological polar surface area (TPSA) is 95.1 Å². The van der Waals surface area contributed by atoms with Gasteiger partial charge in [-0.05, 0) is 31.2 Å². The van der Waals surface area contributed by atoms with Crippen molar-refractivity contribution in [3.8, 4) is 0 Å². The molecule has 2 aromatic rings. The van der Waals surface area contributed by atoms with Crippen molar-refractivity contribution in [2.24, 2.45) is 0 Å². The Hall–Kier alpha value is -2.34. The van der Waals surface area contributed by atoms with E-state index in [0.717, 1.165) is 5.69 Å². The van der Waals surface area contributed by atoms with Crippen LogP contribution in [-0.2, 0) is 0 Å². The predicted molar refractivity (Wildman–Crippen MR) is 69.7 cm³/mol. The fraction of sp³-hybridized carbons (Fsp3) is 0.0833. The maximum Gasteiger partial charge on any atom is 0.337 e. The number of carboxylic acid groups (broad SMARTS) is 1. The monoisotopic (exact) mass is 279 g/mol. The summed E-state index contributed by atoms with van der Waals surface area (Å²) in [5.41, 5.74) is 0.999. The van der Waals surface area contributed by atoms with Crippen molar-refractivity contribution >= 4 is 29.2 Å². The van der Waals surface area contributed by atoms with Gasteiger partial charge in [-0.25, -0.2) is 4.79 Å². The van der Waals surface area contributed by atoms with Gasteiger partial charge in [0, 0.05) is 10.7 Å². The number of H-pyrrole nitrogens is 1. The van der Waals surface area contributed by atoms with Gasteiger partial charge in [-0.3, -0.25) is 9.89 Å². The smallest absolute Gasteiger partial charge is 0.337 e. The molecule has 6 nitrogen and oxygen atoms in total. The number of aromatic nitrogens is 2. The molecule has 0 atom stereocenters. The number of anilines is 1.